The first-order valence-electron chi connectivity index (χ1n) is 9.17. The van der Waals surface area contributed by atoms with E-state index in [0.29, 0.717) is 0 Å². The predicted octanol–water partition coefficient (Wildman–Crippen LogP) is 7.10. The third-order valence-electron chi connectivity index (χ3n) is 4.86. The Morgan fingerprint density at radius 1 is 0.607 bits per heavy atom. The third kappa shape index (κ3) is 3.14. The van der Waals surface area contributed by atoms with E-state index < -0.39 is 0 Å². The Morgan fingerprint density at radius 3 is 2.00 bits per heavy atom. The topological polar surface area (TPSA) is 17.3 Å². The lowest BCUT2D eigenvalue weighted by Gasteiger charge is -2.09. The molecule has 2 heterocycles. The quantitative estimate of drug-likeness (QED) is 0.301. The van der Waals surface area contributed by atoms with Gasteiger partial charge in [0.15, 0.2) is 0 Å². The van der Waals surface area contributed by atoms with Crippen molar-refractivity contribution in [3.05, 3.63) is 108 Å². The molecule has 0 atom stereocenters. The fraction of sp³-hybridized carbons (Fsp3) is 0. The maximum atomic E-state index is 4.97. The number of imidazole rings is 1. The van der Waals surface area contributed by atoms with Crippen LogP contribution in [0.3, 0.4) is 0 Å². The number of halogens is 1. The summed E-state index contributed by atoms with van der Waals surface area (Å²) in [5, 5.41) is 0. The minimum atomic E-state index is 0.962. The molecule has 0 radical (unpaired) electrons. The molecule has 0 aliphatic heterocycles. The maximum absolute atomic E-state index is 4.97. The van der Waals surface area contributed by atoms with Crippen LogP contribution in [-0.2, 0) is 0 Å². The summed E-state index contributed by atoms with van der Waals surface area (Å²) < 4.78 is 3.21. The molecule has 28 heavy (non-hydrogen) atoms. The van der Waals surface area contributed by atoms with E-state index in [1.807, 2.05) is 30.3 Å². The van der Waals surface area contributed by atoms with E-state index in [0.717, 1.165) is 38.1 Å². The van der Waals surface area contributed by atoms with Crippen molar-refractivity contribution in [3.63, 3.8) is 0 Å². The molecule has 0 saturated heterocycles. The van der Waals surface area contributed by atoms with Gasteiger partial charge in [-0.2, -0.15) is 0 Å². The summed E-state index contributed by atoms with van der Waals surface area (Å²) >= 11 is 3.59. The molecule has 2 aromatic heterocycles. The summed E-state index contributed by atoms with van der Waals surface area (Å²) in [6.07, 6.45) is 4.27. The lowest BCUT2D eigenvalue weighted by atomic mass is 10.0. The summed E-state index contributed by atoms with van der Waals surface area (Å²) in [7, 11) is 0. The minimum Gasteiger partial charge on any atom is -0.305 e. The zero-order chi connectivity index (χ0) is 18.9. The van der Waals surface area contributed by atoms with E-state index in [9.17, 15) is 0 Å². The summed E-state index contributed by atoms with van der Waals surface area (Å²) in [6.45, 7) is 0. The molecule has 0 unspecified atom stereocenters. The van der Waals surface area contributed by atoms with E-state index in [1.165, 1.54) is 5.56 Å². The fourth-order valence-corrected chi connectivity index (χ4v) is 3.90. The van der Waals surface area contributed by atoms with Crippen molar-refractivity contribution in [1.29, 1.82) is 0 Å². The summed E-state index contributed by atoms with van der Waals surface area (Å²) in [6, 6.07) is 31.4. The molecule has 3 aromatic carbocycles. The van der Waals surface area contributed by atoms with Crippen LogP contribution in [-0.4, -0.2) is 9.38 Å². The van der Waals surface area contributed by atoms with Gasteiger partial charge in [0.2, 0.25) is 0 Å². The monoisotopic (exact) mass is 424 g/mol. The van der Waals surface area contributed by atoms with Crippen molar-refractivity contribution < 1.29 is 0 Å². The number of nitrogens with zero attached hydrogens (tertiary/aromatic N) is 2. The van der Waals surface area contributed by atoms with Crippen molar-refractivity contribution in [1.82, 2.24) is 9.38 Å². The first-order valence-corrected chi connectivity index (χ1v) is 9.97. The third-order valence-corrected chi connectivity index (χ3v) is 5.36. The summed E-state index contributed by atoms with van der Waals surface area (Å²) in [4.78, 5) is 4.97. The second-order valence-electron chi connectivity index (χ2n) is 6.74. The highest BCUT2D eigenvalue weighted by Gasteiger charge is 2.12. The van der Waals surface area contributed by atoms with Crippen LogP contribution in [0.2, 0.25) is 0 Å². The van der Waals surface area contributed by atoms with Gasteiger partial charge in [-0.1, -0.05) is 88.7 Å². The standard InChI is InChI=1S/C25H17BrN2/c26-22-13-7-12-20(14-22)21-15-23(18-8-3-1-4-9-18)25-27-24(17-28(25)16-21)19-10-5-2-6-11-19/h1-17H. The van der Waals surface area contributed by atoms with Crippen LogP contribution >= 0.6 is 15.9 Å². The number of hydrogen-bond acceptors (Lipinski definition) is 1. The molecule has 0 N–H and O–H groups in total. The largest absolute Gasteiger partial charge is 0.305 e. The molecule has 0 aliphatic carbocycles. The lowest BCUT2D eigenvalue weighted by molar-refractivity contribution is 1.19. The van der Waals surface area contributed by atoms with Gasteiger partial charge < -0.3 is 4.40 Å². The molecule has 0 fully saturated rings. The van der Waals surface area contributed by atoms with E-state index in [1.54, 1.807) is 0 Å². The second-order valence-corrected chi connectivity index (χ2v) is 7.66. The van der Waals surface area contributed by atoms with Gasteiger partial charge in [0.1, 0.15) is 5.65 Å². The van der Waals surface area contributed by atoms with E-state index in [4.69, 9.17) is 4.98 Å². The van der Waals surface area contributed by atoms with Crippen LogP contribution < -0.4 is 0 Å². The molecule has 0 spiro atoms. The number of pyridine rings is 1. The smallest absolute Gasteiger partial charge is 0.145 e. The van der Waals surface area contributed by atoms with Crippen molar-refractivity contribution in [2.24, 2.45) is 0 Å². The minimum absolute atomic E-state index is 0.962. The van der Waals surface area contributed by atoms with Gasteiger partial charge in [0.25, 0.3) is 0 Å². The zero-order valence-electron chi connectivity index (χ0n) is 15.1. The molecular formula is C25H17BrN2. The second kappa shape index (κ2) is 7.10. The Hall–Kier alpha value is -3.17. The number of benzene rings is 3. The van der Waals surface area contributed by atoms with E-state index in [-0.39, 0.29) is 0 Å². The van der Waals surface area contributed by atoms with Gasteiger partial charge in [-0.05, 0) is 34.9 Å². The highest BCUT2D eigenvalue weighted by Crippen LogP contribution is 2.32. The van der Waals surface area contributed by atoms with Crippen LogP contribution in [0, 0.1) is 0 Å². The molecule has 2 nitrogen and oxygen atoms in total. The predicted molar refractivity (Wildman–Crippen MR) is 119 cm³/mol. The molecule has 5 rings (SSSR count). The highest BCUT2D eigenvalue weighted by atomic mass is 79.9. The Labute approximate surface area is 172 Å². The number of hydrogen-bond donors (Lipinski definition) is 0. The van der Waals surface area contributed by atoms with Crippen molar-refractivity contribution in [3.8, 4) is 33.5 Å². The highest BCUT2D eigenvalue weighted by molar-refractivity contribution is 9.10. The van der Waals surface area contributed by atoms with Crippen LogP contribution in [0.5, 0.6) is 0 Å². The van der Waals surface area contributed by atoms with Crippen LogP contribution in [0.1, 0.15) is 0 Å². The molecule has 0 bridgehead atoms. The van der Waals surface area contributed by atoms with E-state index >= 15 is 0 Å². The van der Waals surface area contributed by atoms with E-state index in [2.05, 4.69) is 93.4 Å². The van der Waals surface area contributed by atoms with Gasteiger partial charge in [-0.25, -0.2) is 4.98 Å². The van der Waals surface area contributed by atoms with Crippen molar-refractivity contribution in [2.75, 3.05) is 0 Å². The summed E-state index contributed by atoms with van der Waals surface area (Å²) in [5.41, 5.74) is 7.67. The molecule has 0 aliphatic rings. The van der Waals surface area contributed by atoms with Crippen molar-refractivity contribution >= 4 is 21.6 Å². The maximum Gasteiger partial charge on any atom is 0.145 e. The Bertz CT molecular complexity index is 1260. The first kappa shape index (κ1) is 17.0. The first-order chi connectivity index (χ1) is 13.8. The Balaban J connectivity index is 1.77. The SMILES string of the molecule is Brc1cccc(-c2cc(-c3ccccc3)c3nc(-c4ccccc4)cn3c2)c1. The van der Waals surface area contributed by atoms with Crippen LogP contribution in [0.4, 0.5) is 0 Å². The normalized spacial score (nSPS) is 11.0. The van der Waals surface area contributed by atoms with Gasteiger partial charge in [0, 0.05) is 28.0 Å². The lowest BCUT2D eigenvalue weighted by Crippen LogP contribution is -1.91. The number of aromatic nitrogens is 2. The Morgan fingerprint density at radius 2 is 1.29 bits per heavy atom. The van der Waals surface area contributed by atoms with Crippen molar-refractivity contribution in [2.45, 2.75) is 0 Å². The fourth-order valence-electron chi connectivity index (χ4n) is 3.50. The number of rotatable bonds is 3. The van der Waals surface area contributed by atoms with Gasteiger partial charge in [-0.3, -0.25) is 0 Å². The molecule has 3 heteroatoms. The number of fused-ring (bicyclic) bond motifs is 1. The summed E-state index contributed by atoms with van der Waals surface area (Å²) in [5.74, 6) is 0. The Kier molecular flexibility index (Phi) is 4.30. The molecular weight excluding hydrogens is 408 g/mol. The molecule has 134 valence electrons. The average Bonchev–Trinajstić information content (AvgIpc) is 3.19. The van der Waals surface area contributed by atoms with Gasteiger partial charge >= 0.3 is 0 Å². The van der Waals surface area contributed by atoms with Gasteiger partial charge in [0.05, 0.1) is 5.69 Å². The molecule has 0 saturated carbocycles. The van der Waals surface area contributed by atoms with Crippen LogP contribution in [0.15, 0.2) is 108 Å². The van der Waals surface area contributed by atoms with Crippen LogP contribution in [0.25, 0.3) is 39.2 Å². The average molecular weight is 425 g/mol. The van der Waals surface area contributed by atoms with Gasteiger partial charge in [-0.15, -0.1) is 0 Å². The molecule has 5 aromatic rings. The zero-order valence-corrected chi connectivity index (χ0v) is 16.7. The molecule has 0 amide bonds.